The molecule has 3 rings (SSSR count). The fourth-order valence-corrected chi connectivity index (χ4v) is 2.97. The quantitative estimate of drug-likeness (QED) is 0.603. The van der Waals surface area contributed by atoms with Crippen molar-refractivity contribution >= 4 is 11.9 Å². The predicted molar refractivity (Wildman–Crippen MR) is 73.5 cm³/mol. The van der Waals surface area contributed by atoms with Gasteiger partial charge in [0, 0.05) is 6.54 Å². The normalized spacial score (nSPS) is 26.0. The summed E-state index contributed by atoms with van der Waals surface area (Å²) in [5, 5.41) is 0. The SMILES string of the molecule is COc1nc(NN)nc(N2CCOC3CCCCC32)n1. The largest absolute Gasteiger partial charge is 0.467 e. The van der Waals surface area contributed by atoms with Gasteiger partial charge in [-0.25, -0.2) is 5.84 Å². The lowest BCUT2D eigenvalue weighted by atomic mass is 9.90. The summed E-state index contributed by atoms with van der Waals surface area (Å²) >= 11 is 0. The molecule has 2 heterocycles. The Balaban J connectivity index is 1.90. The van der Waals surface area contributed by atoms with Crippen molar-refractivity contribution in [2.24, 2.45) is 5.84 Å². The molecule has 0 spiro atoms. The maximum atomic E-state index is 5.86. The zero-order valence-electron chi connectivity index (χ0n) is 11.6. The van der Waals surface area contributed by atoms with E-state index in [1.165, 1.54) is 20.0 Å². The summed E-state index contributed by atoms with van der Waals surface area (Å²) in [5.74, 6) is 6.31. The molecule has 1 aromatic rings. The molecule has 0 radical (unpaired) electrons. The number of rotatable bonds is 3. The maximum absolute atomic E-state index is 5.86. The highest BCUT2D eigenvalue weighted by atomic mass is 16.5. The van der Waals surface area contributed by atoms with Gasteiger partial charge in [0.25, 0.3) is 0 Å². The third-order valence-electron chi connectivity index (χ3n) is 3.90. The molecule has 0 aromatic carbocycles. The molecule has 2 atom stereocenters. The molecule has 20 heavy (non-hydrogen) atoms. The van der Waals surface area contributed by atoms with Gasteiger partial charge in [0.05, 0.1) is 25.9 Å². The number of hydrogen-bond donors (Lipinski definition) is 2. The zero-order chi connectivity index (χ0) is 13.9. The summed E-state index contributed by atoms with van der Waals surface area (Å²) in [4.78, 5) is 14.9. The van der Waals surface area contributed by atoms with E-state index in [4.69, 9.17) is 15.3 Å². The molecule has 3 N–H and O–H groups in total. The van der Waals surface area contributed by atoms with Gasteiger partial charge in [-0.3, -0.25) is 5.43 Å². The van der Waals surface area contributed by atoms with Crippen LogP contribution in [0.25, 0.3) is 0 Å². The van der Waals surface area contributed by atoms with E-state index in [2.05, 4.69) is 25.3 Å². The van der Waals surface area contributed by atoms with Gasteiger partial charge in [-0.15, -0.1) is 0 Å². The van der Waals surface area contributed by atoms with E-state index in [1.54, 1.807) is 0 Å². The van der Waals surface area contributed by atoms with Gasteiger partial charge in [0.2, 0.25) is 11.9 Å². The zero-order valence-corrected chi connectivity index (χ0v) is 11.6. The number of hydrazine groups is 1. The van der Waals surface area contributed by atoms with Crippen molar-refractivity contribution in [3.63, 3.8) is 0 Å². The third-order valence-corrected chi connectivity index (χ3v) is 3.90. The molecule has 1 aromatic heterocycles. The second-order valence-corrected chi connectivity index (χ2v) is 5.04. The minimum atomic E-state index is 0.266. The van der Waals surface area contributed by atoms with E-state index in [9.17, 15) is 0 Å². The van der Waals surface area contributed by atoms with Crippen molar-refractivity contribution in [3.05, 3.63) is 0 Å². The summed E-state index contributed by atoms with van der Waals surface area (Å²) in [5.41, 5.74) is 2.45. The minimum Gasteiger partial charge on any atom is -0.467 e. The van der Waals surface area contributed by atoms with E-state index < -0.39 is 0 Å². The van der Waals surface area contributed by atoms with Crippen LogP contribution >= 0.6 is 0 Å². The Morgan fingerprint density at radius 2 is 2.15 bits per heavy atom. The first-order valence-corrected chi connectivity index (χ1v) is 6.96. The number of morpholine rings is 1. The summed E-state index contributed by atoms with van der Waals surface area (Å²) < 4.78 is 11.0. The van der Waals surface area contributed by atoms with E-state index in [0.29, 0.717) is 24.5 Å². The Kier molecular flexibility index (Phi) is 3.83. The lowest BCUT2D eigenvalue weighted by molar-refractivity contribution is -0.00937. The molecule has 1 aliphatic heterocycles. The Morgan fingerprint density at radius 3 is 2.95 bits per heavy atom. The molecule has 0 amide bonds. The number of nitrogens with zero attached hydrogens (tertiary/aromatic N) is 4. The van der Waals surface area contributed by atoms with Crippen LogP contribution in [0.15, 0.2) is 0 Å². The molecule has 110 valence electrons. The van der Waals surface area contributed by atoms with E-state index in [-0.39, 0.29) is 12.1 Å². The lowest BCUT2D eigenvalue weighted by Crippen LogP contribution is -2.53. The number of hydrogen-bond acceptors (Lipinski definition) is 8. The van der Waals surface area contributed by atoms with Gasteiger partial charge in [0.1, 0.15) is 0 Å². The fraction of sp³-hybridized carbons (Fsp3) is 0.750. The second kappa shape index (κ2) is 5.76. The topological polar surface area (TPSA) is 98.4 Å². The Morgan fingerprint density at radius 1 is 1.30 bits per heavy atom. The van der Waals surface area contributed by atoms with Crippen LogP contribution in [-0.2, 0) is 4.74 Å². The van der Waals surface area contributed by atoms with Gasteiger partial charge in [-0.2, -0.15) is 15.0 Å². The molecule has 2 fully saturated rings. The Labute approximate surface area is 117 Å². The Hall–Kier alpha value is -1.67. The van der Waals surface area contributed by atoms with Crippen LogP contribution in [-0.4, -0.2) is 47.4 Å². The lowest BCUT2D eigenvalue weighted by Gasteiger charge is -2.43. The van der Waals surface area contributed by atoms with E-state index in [0.717, 1.165) is 19.4 Å². The predicted octanol–water partition coefficient (Wildman–Crippen LogP) is 0.314. The number of nitrogen functional groups attached to an aromatic ring is 1. The molecule has 8 nitrogen and oxygen atoms in total. The molecule has 1 aliphatic carbocycles. The van der Waals surface area contributed by atoms with Gasteiger partial charge >= 0.3 is 6.01 Å². The van der Waals surface area contributed by atoms with Crippen LogP contribution in [0.4, 0.5) is 11.9 Å². The average molecular weight is 280 g/mol. The first kappa shape index (κ1) is 13.3. The van der Waals surface area contributed by atoms with Crippen molar-refractivity contribution in [3.8, 4) is 6.01 Å². The van der Waals surface area contributed by atoms with Gasteiger partial charge < -0.3 is 14.4 Å². The highest BCUT2D eigenvalue weighted by Gasteiger charge is 2.35. The summed E-state index contributed by atoms with van der Waals surface area (Å²) in [6.45, 7) is 1.47. The number of ether oxygens (including phenoxy) is 2. The molecule has 1 saturated heterocycles. The molecule has 2 aliphatic rings. The molecule has 8 heteroatoms. The average Bonchev–Trinajstić information content (AvgIpc) is 2.53. The monoisotopic (exact) mass is 280 g/mol. The highest BCUT2D eigenvalue weighted by Crippen LogP contribution is 2.31. The van der Waals surface area contributed by atoms with Crippen molar-refractivity contribution in [2.75, 3.05) is 30.6 Å². The van der Waals surface area contributed by atoms with Crippen molar-refractivity contribution < 1.29 is 9.47 Å². The summed E-state index contributed by atoms with van der Waals surface area (Å²) in [6.07, 6.45) is 4.92. The molecule has 0 bridgehead atoms. The molecular formula is C12H20N6O2. The van der Waals surface area contributed by atoms with Crippen LogP contribution < -0.4 is 20.9 Å². The van der Waals surface area contributed by atoms with Crippen LogP contribution in [0, 0.1) is 0 Å². The number of nitrogens with one attached hydrogen (secondary N) is 1. The third kappa shape index (κ3) is 2.48. The van der Waals surface area contributed by atoms with Gasteiger partial charge in [-0.05, 0) is 12.8 Å². The van der Waals surface area contributed by atoms with Crippen LogP contribution in [0.2, 0.25) is 0 Å². The number of aromatic nitrogens is 3. The smallest absolute Gasteiger partial charge is 0.322 e. The van der Waals surface area contributed by atoms with Gasteiger partial charge in [0.15, 0.2) is 0 Å². The molecule has 2 unspecified atom stereocenters. The van der Waals surface area contributed by atoms with Crippen LogP contribution in [0.1, 0.15) is 25.7 Å². The molecule has 1 saturated carbocycles. The summed E-state index contributed by atoms with van der Waals surface area (Å²) in [6, 6.07) is 0.594. The van der Waals surface area contributed by atoms with Crippen molar-refractivity contribution in [2.45, 2.75) is 37.8 Å². The first-order chi connectivity index (χ1) is 9.81. The van der Waals surface area contributed by atoms with E-state index in [1.807, 2.05) is 0 Å². The first-order valence-electron chi connectivity index (χ1n) is 6.96. The van der Waals surface area contributed by atoms with Crippen molar-refractivity contribution in [1.82, 2.24) is 15.0 Å². The van der Waals surface area contributed by atoms with Crippen molar-refractivity contribution in [1.29, 1.82) is 0 Å². The maximum Gasteiger partial charge on any atom is 0.322 e. The summed E-state index contributed by atoms with van der Waals surface area (Å²) in [7, 11) is 1.53. The number of nitrogens with two attached hydrogens (primary N) is 1. The highest BCUT2D eigenvalue weighted by molar-refractivity contribution is 5.39. The second-order valence-electron chi connectivity index (χ2n) is 5.04. The van der Waals surface area contributed by atoms with Crippen LogP contribution in [0.3, 0.4) is 0 Å². The van der Waals surface area contributed by atoms with E-state index >= 15 is 0 Å². The standard InChI is InChI=1S/C12H20N6O2/c1-19-12-15-10(17-13)14-11(16-12)18-6-7-20-9-5-3-2-4-8(9)18/h8-9H,2-7,13H2,1H3,(H,14,15,16,17). The van der Waals surface area contributed by atoms with Gasteiger partial charge in [-0.1, -0.05) is 12.8 Å². The number of anilines is 2. The number of fused-ring (bicyclic) bond motifs is 1. The Bertz CT molecular complexity index is 447. The number of methoxy groups -OCH3 is 1. The fourth-order valence-electron chi connectivity index (χ4n) is 2.97. The minimum absolute atomic E-state index is 0.266. The molecular weight excluding hydrogens is 260 g/mol. The van der Waals surface area contributed by atoms with Crippen LogP contribution in [0.5, 0.6) is 6.01 Å².